The predicted molar refractivity (Wildman–Crippen MR) is 93.2 cm³/mol. The molecule has 0 unspecified atom stereocenters. The summed E-state index contributed by atoms with van der Waals surface area (Å²) in [5, 5.41) is 13.1. The number of β-amino-alcohol motifs (C(OH)–C–C–N with tert-alkyl or cyclic N) is 1. The van der Waals surface area contributed by atoms with Gasteiger partial charge in [0, 0.05) is 0 Å². The second kappa shape index (κ2) is 7.44. The molecule has 0 radical (unpaired) electrons. The first kappa shape index (κ1) is 17.7. The fraction of sp³-hybridized carbons (Fsp3) is 0.579. The number of imide groups is 1. The van der Waals surface area contributed by atoms with Gasteiger partial charge in [-0.1, -0.05) is 37.5 Å². The van der Waals surface area contributed by atoms with Crippen LogP contribution in [0.1, 0.15) is 39.0 Å². The Kier molecular flexibility index (Phi) is 5.27. The van der Waals surface area contributed by atoms with Gasteiger partial charge in [0.05, 0.1) is 6.54 Å². The third-order valence-electron chi connectivity index (χ3n) is 5.30. The number of rotatable bonds is 6. The SMILES string of the molecule is C[C@@]1(C2CCCCC2)NC(=O)N(C[C@H](O)COc2ccccc2)C1=O. The lowest BCUT2D eigenvalue weighted by Gasteiger charge is -2.34. The van der Waals surface area contributed by atoms with E-state index in [-0.39, 0.29) is 25.0 Å². The maximum absolute atomic E-state index is 12.8. The molecule has 0 bridgehead atoms. The van der Waals surface area contributed by atoms with E-state index in [1.807, 2.05) is 25.1 Å². The molecule has 1 saturated heterocycles. The molecule has 1 aliphatic carbocycles. The number of carbonyl (C=O) groups is 2. The fourth-order valence-electron chi connectivity index (χ4n) is 3.81. The molecule has 2 fully saturated rings. The minimum Gasteiger partial charge on any atom is -0.491 e. The summed E-state index contributed by atoms with van der Waals surface area (Å²) in [6.07, 6.45) is 4.36. The number of nitrogens with one attached hydrogen (secondary N) is 1. The van der Waals surface area contributed by atoms with Gasteiger partial charge in [0.2, 0.25) is 0 Å². The van der Waals surface area contributed by atoms with E-state index in [1.54, 1.807) is 12.1 Å². The largest absolute Gasteiger partial charge is 0.491 e. The summed E-state index contributed by atoms with van der Waals surface area (Å²) < 4.78 is 5.50. The van der Waals surface area contributed by atoms with Gasteiger partial charge >= 0.3 is 6.03 Å². The Hall–Kier alpha value is -2.08. The number of aliphatic hydroxyl groups excluding tert-OH is 1. The molecule has 1 aromatic carbocycles. The highest BCUT2D eigenvalue weighted by Gasteiger charge is 2.52. The molecule has 2 aliphatic rings. The number of para-hydroxylation sites is 1. The van der Waals surface area contributed by atoms with E-state index in [0.717, 1.165) is 30.6 Å². The van der Waals surface area contributed by atoms with E-state index in [1.165, 1.54) is 6.42 Å². The Bertz CT molecular complexity index is 615. The molecule has 25 heavy (non-hydrogen) atoms. The number of carbonyl (C=O) groups excluding carboxylic acids is 2. The van der Waals surface area contributed by atoms with Crippen LogP contribution < -0.4 is 10.1 Å². The van der Waals surface area contributed by atoms with Crippen LogP contribution in [0.15, 0.2) is 30.3 Å². The molecule has 0 spiro atoms. The lowest BCUT2D eigenvalue weighted by atomic mass is 9.75. The first-order valence-electron chi connectivity index (χ1n) is 9.01. The second-order valence-electron chi connectivity index (χ2n) is 7.16. The fourth-order valence-corrected chi connectivity index (χ4v) is 3.81. The number of hydrogen-bond acceptors (Lipinski definition) is 4. The molecule has 6 heteroatoms. The van der Waals surface area contributed by atoms with Gasteiger partial charge in [-0.3, -0.25) is 9.69 Å². The second-order valence-corrected chi connectivity index (χ2v) is 7.16. The zero-order valence-corrected chi connectivity index (χ0v) is 14.6. The molecule has 1 saturated carbocycles. The van der Waals surface area contributed by atoms with E-state index in [0.29, 0.717) is 5.75 Å². The van der Waals surface area contributed by atoms with Gasteiger partial charge in [0.15, 0.2) is 0 Å². The van der Waals surface area contributed by atoms with Crippen LogP contribution in [0.25, 0.3) is 0 Å². The van der Waals surface area contributed by atoms with Crippen LogP contribution >= 0.6 is 0 Å². The van der Waals surface area contributed by atoms with Crippen molar-refractivity contribution in [3.05, 3.63) is 30.3 Å². The Morgan fingerprint density at radius 1 is 1.24 bits per heavy atom. The molecule has 1 aliphatic heterocycles. The summed E-state index contributed by atoms with van der Waals surface area (Å²) in [4.78, 5) is 26.3. The van der Waals surface area contributed by atoms with Gasteiger partial charge < -0.3 is 15.2 Å². The van der Waals surface area contributed by atoms with Crippen molar-refractivity contribution in [2.45, 2.75) is 50.7 Å². The van der Waals surface area contributed by atoms with Gasteiger partial charge in [0.1, 0.15) is 24.0 Å². The maximum Gasteiger partial charge on any atom is 0.325 e. The number of hydrogen-bond donors (Lipinski definition) is 2. The van der Waals surface area contributed by atoms with E-state index >= 15 is 0 Å². The van der Waals surface area contributed by atoms with Crippen molar-refractivity contribution in [2.24, 2.45) is 5.92 Å². The van der Waals surface area contributed by atoms with Crippen molar-refractivity contribution in [3.8, 4) is 5.75 Å². The number of amides is 3. The Morgan fingerprint density at radius 3 is 2.60 bits per heavy atom. The van der Waals surface area contributed by atoms with Crippen molar-refractivity contribution in [1.82, 2.24) is 10.2 Å². The van der Waals surface area contributed by atoms with Crippen LogP contribution in [0.3, 0.4) is 0 Å². The Balaban J connectivity index is 1.58. The summed E-state index contributed by atoms with van der Waals surface area (Å²) in [6, 6.07) is 8.73. The number of benzene rings is 1. The van der Waals surface area contributed by atoms with Crippen LogP contribution in [0, 0.1) is 5.92 Å². The van der Waals surface area contributed by atoms with Crippen molar-refractivity contribution in [2.75, 3.05) is 13.2 Å². The molecule has 3 rings (SSSR count). The van der Waals surface area contributed by atoms with Crippen LogP contribution in [0.4, 0.5) is 4.79 Å². The molecule has 136 valence electrons. The van der Waals surface area contributed by atoms with Crippen LogP contribution in [0.5, 0.6) is 5.75 Å². The van der Waals surface area contributed by atoms with Gasteiger partial charge in [-0.15, -0.1) is 0 Å². The standard InChI is InChI=1S/C19H26N2O4/c1-19(14-8-4-2-5-9-14)17(23)21(18(24)20-19)12-15(22)13-25-16-10-6-3-7-11-16/h3,6-7,10-11,14-15,22H,2,4-5,8-9,12-13H2,1H3,(H,20,24)/t15-,19-/m0/s1. The monoisotopic (exact) mass is 346 g/mol. The lowest BCUT2D eigenvalue weighted by Crippen LogP contribution is -2.51. The normalized spacial score (nSPS) is 25.8. The Labute approximate surface area is 148 Å². The molecule has 1 heterocycles. The third-order valence-corrected chi connectivity index (χ3v) is 5.30. The molecule has 6 nitrogen and oxygen atoms in total. The van der Waals surface area contributed by atoms with Gasteiger partial charge in [0.25, 0.3) is 5.91 Å². The number of ether oxygens (including phenoxy) is 1. The van der Waals surface area contributed by atoms with Crippen molar-refractivity contribution in [1.29, 1.82) is 0 Å². The van der Waals surface area contributed by atoms with Gasteiger partial charge in [-0.2, -0.15) is 0 Å². The summed E-state index contributed by atoms with van der Waals surface area (Å²) in [7, 11) is 0. The van der Waals surface area contributed by atoms with Crippen molar-refractivity contribution in [3.63, 3.8) is 0 Å². The number of aliphatic hydroxyl groups is 1. The highest BCUT2D eigenvalue weighted by molar-refractivity contribution is 6.07. The first-order valence-corrected chi connectivity index (χ1v) is 9.01. The molecule has 0 aromatic heterocycles. The van der Waals surface area contributed by atoms with E-state index in [4.69, 9.17) is 4.74 Å². The highest BCUT2D eigenvalue weighted by Crippen LogP contribution is 2.36. The molecule has 2 N–H and O–H groups in total. The van der Waals surface area contributed by atoms with Crippen molar-refractivity contribution >= 4 is 11.9 Å². The van der Waals surface area contributed by atoms with Gasteiger partial charge in [-0.25, -0.2) is 4.79 Å². The highest BCUT2D eigenvalue weighted by atomic mass is 16.5. The zero-order valence-electron chi connectivity index (χ0n) is 14.6. The minimum atomic E-state index is -0.927. The summed E-state index contributed by atoms with van der Waals surface area (Å²) in [5.41, 5.74) is -0.850. The molecule has 2 atom stereocenters. The minimum absolute atomic E-state index is 0.0290. The smallest absolute Gasteiger partial charge is 0.325 e. The van der Waals surface area contributed by atoms with Crippen LogP contribution in [-0.4, -0.2) is 46.7 Å². The number of urea groups is 1. The summed E-state index contributed by atoms with van der Waals surface area (Å²) in [5.74, 6) is 0.578. The van der Waals surface area contributed by atoms with Crippen molar-refractivity contribution < 1.29 is 19.4 Å². The number of nitrogens with zero attached hydrogens (tertiary/aromatic N) is 1. The third kappa shape index (κ3) is 3.79. The quantitative estimate of drug-likeness (QED) is 0.775. The first-order chi connectivity index (χ1) is 12.0. The molecular weight excluding hydrogens is 320 g/mol. The van der Waals surface area contributed by atoms with E-state index in [9.17, 15) is 14.7 Å². The predicted octanol–water partition coefficient (Wildman–Crippen LogP) is 2.32. The summed E-state index contributed by atoms with van der Waals surface area (Å²) >= 11 is 0. The van der Waals surface area contributed by atoms with E-state index < -0.39 is 17.7 Å². The molecule has 3 amide bonds. The Morgan fingerprint density at radius 2 is 1.92 bits per heavy atom. The lowest BCUT2D eigenvalue weighted by molar-refractivity contribution is -0.134. The topological polar surface area (TPSA) is 78.9 Å². The zero-order chi connectivity index (χ0) is 17.9. The van der Waals surface area contributed by atoms with Crippen LogP contribution in [-0.2, 0) is 4.79 Å². The van der Waals surface area contributed by atoms with Crippen LogP contribution in [0.2, 0.25) is 0 Å². The average Bonchev–Trinajstić information content (AvgIpc) is 2.86. The molecule has 1 aromatic rings. The average molecular weight is 346 g/mol. The molecular formula is C19H26N2O4. The summed E-state index contributed by atoms with van der Waals surface area (Å²) in [6.45, 7) is 1.79. The van der Waals surface area contributed by atoms with Gasteiger partial charge in [-0.05, 0) is 37.8 Å². The van der Waals surface area contributed by atoms with E-state index in [2.05, 4.69) is 5.32 Å². The maximum atomic E-state index is 12.8.